The Morgan fingerprint density at radius 2 is 2.31 bits per heavy atom. The maximum Gasteiger partial charge on any atom is 0.305 e. The molecule has 0 aromatic carbocycles. The van der Waals surface area contributed by atoms with Gasteiger partial charge in [-0.1, -0.05) is 0 Å². The lowest BCUT2D eigenvalue weighted by molar-refractivity contribution is -0.139. The number of carboxylic acid groups (broad SMARTS) is 1. The van der Waals surface area contributed by atoms with Gasteiger partial charge in [0.15, 0.2) is 0 Å². The van der Waals surface area contributed by atoms with E-state index in [4.69, 9.17) is 5.11 Å². The van der Waals surface area contributed by atoms with E-state index in [0.717, 1.165) is 18.6 Å². The largest absolute Gasteiger partial charge is 0.481 e. The van der Waals surface area contributed by atoms with E-state index in [2.05, 4.69) is 4.90 Å². The van der Waals surface area contributed by atoms with Crippen molar-refractivity contribution in [1.29, 1.82) is 0 Å². The van der Waals surface area contributed by atoms with Crippen LogP contribution in [0, 0.1) is 0 Å². The van der Waals surface area contributed by atoms with Gasteiger partial charge >= 0.3 is 5.97 Å². The van der Waals surface area contributed by atoms with Gasteiger partial charge in [-0.3, -0.25) is 4.79 Å². The van der Waals surface area contributed by atoms with Crippen molar-refractivity contribution in [1.82, 2.24) is 4.90 Å². The zero-order valence-corrected chi connectivity index (χ0v) is 9.06. The molecule has 0 radical (unpaired) electrons. The van der Waals surface area contributed by atoms with E-state index < -0.39 is 5.97 Å². The van der Waals surface area contributed by atoms with Crippen LogP contribution >= 0.6 is 11.8 Å². The third-order valence-corrected chi connectivity index (χ3v) is 4.05. The zero-order valence-electron chi connectivity index (χ0n) is 8.25. The average molecular weight is 203 g/mol. The van der Waals surface area contributed by atoms with Crippen molar-refractivity contribution in [2.45, 2.75) is 24.8 Å². The molecule has 1 N–H and O–H groups in total. The van der Waals surface area contributed by atoms with E-state index in [1.165, 1.54) is 5.75 Å². The number of hydrogen-bond acceptors (Lipinski definition) is 3. The van der Waals surface area contributed by atoms with Gasteiger partial charge in [0.05, 0.1) is 6.42 Å². The van der Waals surface area contributed by atoms with Crippen LogP contribution in [0.5, 0.6) is 0 Å². The van der Waals surface area contributed by atoms with E-state index in [1.807, 2.05) is 25.9 Å². The van der Waals surface area contributed by atoms with Crippen molar-refractivity contribution in [2.24, 2.45) is 0 Å². The maximum absolute atomic E-state index is 10.7. The Balaban J connectivity index is 2.67. The highest BCUT2D eigenvalue weighted by atomic mass is 32.2. The lowest BCUT2D eigenvalue weighted by atomic mass is 9.90. The molecule has 1 heterocycles. The fraction of sp³-hybridized carbons (Fsp3) is 0.889. The minimum Gasteiger partial charge on any atom is -0.481 e. The van der Waals surface area contributed by atoms with Crippen LogP contribution in [-0.2, 0) is 4.79 Å². The molecule has 1 aliphatic rings. The highest BCUT2D eigenvalue weighted by Gasteiger charge is 2.36. The lowest BCUT2D eigenvalue weighted by Gasteiger charge is -2.41. The monoisotopic (exact) mass is 203 g/mol. The third-order valence-electron chi connectivity index (χ3n) is 2.73. The quantitative estimate of drug-likeness (QED) is 0.750. The van der Waals surface area contributed by atoms with E-state index in [0.29, 0.717) is 0 Å². The Morgan fingerprint density at radius 1 is 1.62 bits per heavy atom. The molecule has 0 aromatic rings. The van der Waals surface area contributed by atoms with Crippen LogP contribution in [0.25, 0.3) is 0 Å². The molecular formula is C9H17NO2S. The topological polar surface area (TPSA) is 40.5 Å². The molecule has 1 atom stereocenters. The molecule has 4 heteroatoms. The first-order valence-corrected chi connectivity index (χ1v) is 5.69. The molecule has 1 unspecified atom stereocenters. The first kappa shape index (κ1) is 10.9. The molecule has 3 nitrogen and oxygen atoms in total. The van der Waals surface area contributed by atoms with Crippen LogP contribution in [0.3, 0.4) is 0 Å². The summed E-state index contributed by atoms with van der Waals surface area (Å²) in [5.74, 6) is 1.44. The summed E-state index contributed by atoms with van der Waals surface area (Å²) >= 11 is 1.87. The number of nitrogens with zero attached hydrogens (tertiary/aromatic N) is 1. The molecule has 1 saturated heterocycles. The van der Waals surface area contributed by atoms with Gasteiger partial charge in [-0.15, -0.1) is 0 Å². The minimum absolute atomic E-state index is 0.102. The van der Waals surface area contributed by atoms with E-state index in [1.54, 1.807) is 0 Å². The lowest BCUT2D eigenvalue weighted by Crippen LogP contribution is -2.49. The number of carbonyl (C=O) groups is 1. The number of thioether (sulfide) groups is 1. The van der Waals surface area contributed by atoms with Gasteiger partial charge < -0.3 is 10.0 Å². The van der Waals surface area contributed by atoms with Crippen molar-refractivity contribution in [3.8, 4) is 0 Å². The Kier molecular flexibility index (Phi) is 3.62. The molecule has 76 valence electrons. The highest BCUT2D eigenvalue weighted by Crippen LogP contribution is 2.33. The summed E-state index contributed by atoms with van der Waals surface area (Å²) in [5.41, 5.74) is -0.102. The normalized spacial score (nSPS) is 29.2. The van der Waals surface area contributed by atoms with Crippen molar-refractivity contribution in [2.75, 3.05) is 25.6 Å². The maximum atomic E-state index is 10.7. The summed E-state index contributed by atoms with van der Waals surface area (Å²) in [7, 11) is 3.96. The first-order valence-electron chi connectivity index (χ1n) is 4.54. The van der Waals surface area contributed by atoms with Gasteiger partial charge in [-0.25, -0.2) is 0 Å². The Morgan fingerprint density at radius 3 is 2.69 bits per heavy atom. The van der Waals surface area contributed by atoms with E-state index in [9.17, 15) is 4.79 Å². The predicted octanol–water partition coefficient (Wildman–Crippen LogP) is 1.29. The van der Waals surface area contributed by atoms with Crippen LogP contribution < -0.4 is 0 Å². The van der Waals surface area contributed by atoms with Gasteiger partial charge in [0.1, 0.15) is 0 Å². The van der Waals surface area contributed by atoms with Crippen molar-refractivity contribution in [3.05, 3.63) is 0 Å². The van der Waals surface area contributed by atoms with Crippen LogP contribution in [0.4, 0.5) is 0 Å². The summed E-state index contributed by atoms with van der Waals surface area (Å²) in [6, 6.07) is 0. The standard InChI is InChI=1S/C9H17NO2S/c1-10(2)9(6-8(11)12)4-3-5-13-7-9/h3-7H2,1-2H3,(H,11,12). The van der Waals surface area contributed by atoms with Crippen molar-refractivity contribution in [3.63, 3.8) is 0 Å². The van der Waals surface area contributed by atoms with Crippen LogP contribution in [0.2, 0.25) is 0 Å². The van der Waals surface area contributed by atoms with E-state index >= 15 is 0 Å². The Bertz CT molecular complexity index is 188. The second-order valence-corrected chi connectivity index (χ2v) is 4.95. The average Bonchev–Trinajstić information content (AvgIpc) is 2.04. The van der Waals surface area contributed by atoms with Gasteiger partial charge in [0.2, 0.25) is 0 Å². The second kappa shape index (κ2) is 4.33. The van der Waals surface area contributed by atoms with Crippen LogP contribution in [-0.4, -0.2) is 47.1 Å². The molecule has 0 saturated carbocycles. The third kappa shape index (κ3) is 2.61. The minimum atomic E-state index is -0.684. The molecule has 0 aromatic heterocycles. The number of hydrogen-bond donors (Lipinski definition) is 1. The molecule has 0 amide bonds. The predicted molar refractivity (Wildman–Crippen MR) is 55.2 cm³/mol. The fourth-order valence-electron chi connectivity index (χ4n) is 1.77. The van der Waals surface area contributed by atoms with Crippen molar-refractivity contribution >= 4 is 17.7 Å². The van der Waals surface area contributed by atoms with E-state index in [-0.39, 0.29) is 12.0 Å². The number of rotatable bonds is 3. The van der Waals surface area contributed by atoms with Crippen LogP contribution in [0.15, 0.2) is 0 Å². The molecule has 0 bridgehead atoms. The zero-order chi connectivity index (χ0) is 9.90. The van der Waals surface area contributed by atoms with Crippen LogP contribution in [0.1, 0.15) is 19.3 Å². The van der Waals surface area contributed by atoms with Gasteiger partial charge in [0.25, 0.3) is 0 Å². The van der Waals surface area contributed by atoms with Gasteiger partial charge in [-0.05, 0) is 32.7 Å². The molecule has 0 spiro atoms. The molecule has 1 aliphatic heterocycles. The molecule has 1 rings (SSSR count). The SMILES string of the molecule is CN(C)C1(CC(=O)O)CCCSC1. The molecule has 1 fully saturated rings. The molecule has 13 heavy (non-hydrogen) atoms. The number of carboxylic acids is 1. The first-order chi connectivity index (χ1) is 6.07. The fourth-order valence-corrected chi connectivity index (χ4v) is 3.15. The highest BCUT2D eigenvalue weighted by molar-refractivity contribution is 7.99. The second-order valence-electron chi connectivity index (χ2n) is 3.85. The van der Waals surface area contributed by atoms with Gasteiger partial charge in [0, 0.05) is 11.3 Å². The summed E-state index contributed by atoms with van der Waals surface area (Å²) in [4.78, 5) is 12.8. The summed E-state index contributed by atoms with van der Waals surface area (Å²) in [6.45, 7) is 0. The Labute approximate surface area is 83.5 Å². The molecular weight excluding hydrogens is 186 g/mol. The summed E-state index contributed by atoms with van der Waals surface area (Å²) in [5, 5.41) is 8.84. The number of aliphatic carboxylic acids is 1. The Hall–Kier alpha value is -0.220. The summed E-state index contributed by atoms with van der Waals surface area (Å²) in [6.07, 6.45) is 2.42. The smallest absolute Gasteiger partial charge is 0.305 e. The van der Waals surface area contributed by atoms with Crippen molar-refractivity contribution < 1.29 is 9.90 Å². The summed E-state index contributed by atoms with van der Waals surface area (Å²) < 4.78 is 0. The van der Waals surface area contributed by atoms with Gasteiger partial charge in [-0.2, -0.15) is 11.8 Å². The molecule has 0 aliphatic carbocycles.